The van der Waals surface area contributed by atoms with E-state index in [9.17, 15) is 4.79 Å². The van der Waals surface area contributed by atoms with Crippen molar-refractivity contribution in [3.05, 3.63) is 50.7 Å². The second kappa shape index (κ2) is 12.2. The number of carbonyl (C=O) groups excluding carboxylic acids is 1. The number of hydrogen-bond acceptors (Lipinski definition) is 3. The summed E-state index contributed by atoms with van der Waals surface area (Å²) in [5.74, 6) is 0.653. The Bertz CT molecular complexity index is 779. The molecule has 0 fully saturated rings. The third-order valence-electron chi connectivity index (χ3n) is 3.88. The normalized spacial score (nSPS) is 10.9. The van der Waals surface area contributed by atoms with Gasteiger partial charge in [0, 0.05) is 35.1 Å². The van der Waals surface area contributed by atoms with Crippen molar-refractivity contribution in [2.75, 3.05) is 18.4 Å². The van der Waals surface area contributed by atoms with Crippen LogP contribution in [0.25, 0.3) is 0 Å². The van der Waals surface area contributed by atoms with Crippen LogP contribution in [-0.4, -0.2) is 25.0 Å². The minimum absolute atomic E-state index is 0. The first-order valence-electron chi connectivity index (χ1n) is 8.61. The highest BCUT2D eigenvalue weighted by molar-refractivity contribution is 14.0. The van der Waals surface area contributed by atoms with Crippen molar-refractivity contribution < 1.29 is 4.79 Å². The number of benzene rings is 1. The Balaban J connectivity index is 0.00000364. The number of carbonyl (C=O) groups is 1. The lowest BCUT2D eigenvalue weighted by molar-refractivity contribution is -0.116. The molecule has 0 radical (unpaired) electrons. The van der Waals surface area contributed by atoms with Crippen LogP contribution in [-0.2, 0) is 11.3 Å². The van der Waals surface area contributed by atoms with Crippen molar-refractivity contribution in [2.45, 2.75) is 33.7 Å². The molecule has 0 atom stereocenters. The molecule has 1 aromatic carbocycles. The molecular formula is C19H26ClIN4OS. The number of guanidine groups is 1. The van der Waals surface area contributed by atoms with Gasteiger partial charge < -0.3 is 16.0 Å². The standard InChI is InChI=1S/C19H25ClN4OS.HI/c1-4-21-19(23-12-17-13(2)9-11-26-17)22-10-8-18(25)24-16-7-5-6-15(20)14(16)3;/h5-7,9,11H,4,8,10,12H2,1-3H3,(H,24,25)(H2,21,22,23);1H. The average molecular weight is 521 g/mol. The second-order valence-corrected chi connectivity index (χ2v) is 7.27. The molecule has 0 unspecified atom stereocenters. The van der Waals surface area contributed by atoms with Gasteiger partial charge in [-0.25, -0.2) is 4.99 Å². The molecular weight excluding hydrogens is 495 g/mol. The third kappa shape index (κ3) is 7.67. The maximum Gasteiger partial charge on any atom is 0.226 e. The van der Waals surface area contributed by atoms with Gasteiger partial charge in [-0.05, 0) is 55.5 Å². The summed E-state index contributed by atoms with van der Waals surface area (Å²) in [5.41, 5.74) is 2.87. The van der Waals surface area contributed by atoms with E-state index in [0.29, 0.717) is 30.5 Å². The Hall–Kier alpha value is -1.32. The van der Waals surface area contributed by atoms with Gasteiger partial charge in [0.25, 0.3) is 0 Å². The van der Waals surface area contributed by atoms with Crippen LogP contribution in [0, 0.1) is 13.8 Å². The molecule has 0 aliphatic rings. The van der Waals surface area contributed by atoms with Crippen molar-refractivity contribution in [2.24, 2.45) is 4.99 Å². The zero-order chi connectivity index (χ0) is 18.9. The predicted octanol–water partition coefficient (Wildman–Crippen LogP) is 4.72. The fourth-order valence-electron chi connectivity index (χ4n) is 2.31. The fourth-order valence-corrected chi connectivity index (χ4v) is 3.31. The van der Waals surface area contributed by atoms with Crippen LogP contribution in [0.15, 0.2) is 34.6 Å². The first-order valence-corrected chi connectivity index (χ1v) is 9.87. The molecule has 3 N–H and O–H groups in total. The number of halogens is 2. The summed E-state index contributed by atoms with van der Waals surface area (Å²) < 4.78 is 0. The van der Waals surface area contributed by atoms with Crippen molar-refractivity contribution in [1.29, 1.82) is 0 Å². The largest absolute Gasteiger partial charge is 0.357 e. The van der Waals surface area contributed by atoms with Crippen molar-refractivity contribution in [3.63, 3.8) is 0 Å². The topological polar surface area (TPSA) is 65.5 Å². The number of nitrogens with one attached hydrogen (secondary N) is 3. The zero-order valence-corrected chi connectivity index (χ0v) is 19.7. The zero-order valence-electron chi connectivity index (χ0n) is 15.8. The van der Waals surface area contributed by atoms with Crippen molar-refractivity contribution in [1.82, 2.24) is 10.6 Å². The molecule has 0 aliphatic heterocycles. The predicted molar refractivity (Wildman–Crippen MR) is 127 cm³/mol. The van der Waals surface area contributed by atoms with E-state index in [-0.39, 0.29) is 29.9 Å². The highest BCUT2D eigenvalue weighted by Crippen LogP contribution is 2.22. The SMILES string of the molecule is CCNC(=NCc1sccc1C)NCCC(=O)Nc1cccc(Cl)c1C.I. The van der Waals surface area contributed by atoms with Crippen LogP contribution in [0.2, 0.25) is 5.02 Å². The van der Waals surface area contributed by atoms with E-state index in [4.69, 9.17) is 11.6 Å². The first kappa shape index (κ1) is 23.7. The summed E-state index contributed by atoms with van der Waals surface area (Å²) in [4.78, 5) is 18.0. The summed E-state index contributed by atoms with van der Waals surface area (Å²) in [7, 11) is 0. The molecule has 2 aromatic rings. The molecule has 0 saturated heterocycles. The number of aliphatic imine (C=N–C) groups is 1. The van der Waals surface area contributed by atoms with Gasteiger partial charge in [-0.2, -0.15) is 0 Å². The lowest BCUT2D eigenvalue weighted by atomic mass is 10.2. The number of nitrogens with zero attached hydrogens (tertiary/aromatic N) is 1. The molecule has 5 nitrogen and oxygen atoms in total. The number of aryl methyl sites for hydroxylation is 1. The highest BCUT2D eigenvalue weighted by Gasteiger charge is 2.07. The lowest BCUT2D eigenvalue weighted by Crippen LogP contribution is -2.38. The molecule has 27 heavy (non-hydrogen) atoms. The minimum Gasteiger partial charge on any atom is -0.357 e. The number of anilines is 1. The van der Waals surface area contributed by atoms with E-state index < -0.39 is 0 Å². The van der Waals surface area contributed by atoms with E-state index in [0.717, 1.165) is 17.8 Å². The van der Waals surface area contributed by atoms with E-state index in [1.54, 1.807) is 11.3 Å². The Morgan fingerprint density at radius 2 is 2.00 bits per heavy atom. The first-order chi connectivity index (χ1) is 12.5. The molecule has 0 aliphatic carbocycles. The average Bonchev–Trinajstić information content (AvgIpc) is 3.02. The van der Waals surface area contributed by atoms with Gasteiger partial charge in [0.05, 0.1) is 6.54 Å². The van der Waals surface area contributed by atoms with E-state index in [2.05, 4.69) is 39.3 Å². The molecule has 1 aromatic heterocycles. The molecule has 0 saturated carbocycles. The molecule has 148 valence electrons. The highest BCUT2D eigenvalue weighted by atomic mass is 127. The van der Waals surface area contributed by atoms with Gasteiger partial charge in [-0.3, -0.25) is 4.79 Å². The van der Waals surface area contributed by atoms with Crippen LogP contribution in [0.3, 0.4) is 0 Å². The Morgan fingerprint density at radius 3 is 2.67 bits per heavy atom. The summed E-state index contributed by atoms with van der Waals surface area (Å²) in [6.07, 6.45) is 0.342. The number of amides is 1. The Kier molecular flexibility index (Phi) is 10.7. The molecule has 1 heterocycles. The number of thiophene rings is 1. The van der Waals surface area contributed by atoms with Crippen LogP contribution in [0.1, 0.15) is 29.3 Å². The van der Waals surface area contributed by atoms with Gasteiger partial charge in [0.15, 0.2) is 5.96 Å². The summed E-state index contributed by atoms with van der Waals surface area (Å²) in [6.45, 7) is 7.89. The van der Waals surface area contributed by atoms with Crippen LogP contribution >= 0.6 is 46.9 Å². The summed E-state index contributed by atoms with van der Waals surface area (Å²) in [6, 6.07) is 7.58. The Labute approximate surface area is 187 Å². The van der Waals surface area contributed by atoms with Gasteiger partial charge >= 0.3 is 0 Å². The van der Waals surface area contributed by atoms with Crippen LogP contribution in [0.4, 0.5) is 5.69 Å². The number of hydrogen-bond donors (Lipinski definition) is 3. The summed E-state index contributed by atoms with van der Waals surface area (Å²) >= 11 is 7.78. The second-order valence-electron chi connectivity index (χ2n) is 5.86. The van der Waals surface area contributed by atoms with E-state index in [1.165, 1.54) is 10.4 Å². The number of rotatable bonds is 7. The molecule has 0 spiro atoms. The summed E-state index contributed by atoms with van der Waals surface area (Å²) in [5, 5.41) is 12.0. The quantitative estimate of drug-likeness (QED) is 0.281. The van der Waals surface area contributed by atoms with Gasteiger partial charge in [-0.15, -0.1) is 35.3 Å². The van der Waals surface area contributed by atoms with E-state index in [1.807, 2.05) is 32.0 Å². The van der Waals surface area contributed by atoms with Crippen LogP contribution < -0.4 is 16.0 Å². The molecule has 2 rings (SSSR count). The Morgan fingerprint density at radius 1 is 1.22 bits per heavy atom. The van der Waals surface area contributed by atoms with Crippen molar-refractivity contribution >= 4 is 64.5 Å². The molecule has 1 amide bonds. The molecule has 0 bridgehead atoms. The van der Waals surface area contributed by atoms with Crippen molar-refractivity contribution in [3.8, 4) is 0 Å². The maximum absolute atomic E-state index is 12.2. The smallest absolute Gasteiger partial charge is 0.226 e. The van der Waals surface area contributed by atoms with Crippen LogP contribution in [0.5, 0.6) is 0 Å². The van der Waals surface area contributed by atoms with E-state index >= 15 is 0 Å². The van der Waals surface area contributed by atoms with Gasteiger partial charge in [0.2, 0.25) is 5.91 Å². The fraction of sp³-hybridized carbons (Fsp3) is 0.368. The minimum atomic E-state index is -0.0622. The molecule has 8 heteroatoms. The lowest BCUT2D eigenvalue weighted by Gasteiger charge is -2.12. The maximum atomic E-state index is 12.2. The van der Waals surface area contributed by atoms with Gasteiger partial charge in [-0.1, -0.05) is 17.7 Å². The third-order valence-corrected chi connectivity index (χ3v) is 5.30. The van der Waals surface area contributed by atoms with Gasteiger partial charge in [0.1, 0.15) is 0 Å². The monoisotopic (exact) mass is 520 g/mol.